The highest BCUT2D eigenvalue weighted by atomic mass is 32.1. The number of carbonyl (C=O) groups excluding carboxylic acids is 2. The summed E-state index contributed by atoms with van der Waals surface area (Å²) in [5, 5.41) is 5.49. The minimum absolute atomic E-state index is 0.116. The Morgan fingerprint density at radius 1 is 1.24 bits per heavy atom. The van der Waals surface area contributed by atoms with Crippen molar-refractivity contribution in [3.8, 4) is 0 Å². The van der Waals surface area contributed by atoms with Gasteiger partial charge in [-0.15, -0.1) is 11.3 Å². The number of fused-ring (bicyclic) bond motifs is 1. The Morgan fingerprint density at radius 3 is 2.80 bits per heavy atom. The zero-order valence-electron chi connectivity index (χ0n) is 14.0. The summed E-state index contributed by atoms with van der Waals surface area (Å²) in [4.78, 5) is 29.9. The van der Waals surface area contributed by atoms with Gasteiger partial charge < -0.3 is 10.1 Å². The number of nitrogens with one attached hydrogen (secondary N) is 1. The number of aromatic nitrogens is 1. The second kappa shape index (κ2) is 7.44. The lowest BCUT2D eigenvalue weighted by molar-refractivity contribution is -0.124. The molecule has 1 unspecified atom stereocenters. The Kier molecular flexibility index (Phi) is 5.09. The molecule has 1 aromatic carbocycles. The standard InChI is InChI=1S/C19H18N2O3S/c1-12-10-15(14-6-3-4-7-16(14)20-12)19(23)24-11-18(22)21-13(2)17-8-5-9-25-17/h3-10,13H,11H2,1-2H3,(H,21,22). The van der Waals surface area contributed by atoms with Gasteiger partial charge in [0, 0.05) is 16.0 Å². The zero-order valence-corrected chi connectivity index (χ0v) is 14.8. The third-order valence-electron chi connectivity index (χ3n) is 3.75. The molecule has 1 atom stereocenters. The third kappa shape index (κ3) is 4.03. The van der Waals surface area contributed by atoms with Crippen LogP contribution in [0.3, 0.4) is 0 Å². The number of amides is 1. The molecule has 3 aromatic rings. The van der Waals surface area contributed by atoms with Gasteiger partial charge in [-0.1, -0.05) is 24.3 Å². The number of pyridine rings is 1. The highest BCUT2D eigenvalue weighted by Gasteiger charge is 2.16. The molecule has 128 valence electrons. The van der Waals surface area contributed by atoms with Crippen molar-refractivity contribution in [3.05, 3.63) is 64.0 Å². The molecule has 25 heavy (non-hydrogen) atoms. The van der Waals surface area contributed by atoms with Crippen LogP contribution in [0.25, 0.3) is 10.9 Å². The van der Waals surface area contributed by atoms with Crippen LogP contribution in [-0.2, 0) is 9.53 Å². The number of ether oxygens (including phenoxy) is 1. The quantitative estimate of drug-likeness (QED) is 0.710. The number of esters is 1. The maximum Gasteiger partial charge on any atom is 0.339 e. The molecule has 0 aliphatic heterocycles. The fourth-order valence-electron chi connectivity index (χ4n) is 2.58. The minimum atomic E-state index is -0.527. The number of hydrogen-bond acceptors (Lipinski definition) is 5. The summed E-state index contributed by atoms with van der Waals surface area (Å²) >= 11 is 1.57. The molecule has 0 aliphatic rings. The first-order chi connectivity index (χ1) is 12.0. The fraction of sp³-hybridized carbons (Fsp3) is 0.211. The van der Waals surface area contributed by atoms with E-state index in [4.69, 9.17) is 4.74 Å². The van der Waals surface area contributed by atoms with Crippen molar-refractivity contribution in [1.29, 1.82) is 0 Å². The molecule has 0 aliphatic carbocycles. The lowest BCUT2D eigenvalue weighted by atomic mass is 10.1. The van der Waals surface area contributed by atoms with E-state index in [0.29, 0.717) is 10.9 Å². The van der Waals surface area contributed by atoms with Gasteiger partial charge in [-0.3, -0.25) is 9.78 Å². The molecule has 6 heteroatoms. The van der Waals surface area contributed by atoms with Crippen LogP contribution in [0.4, 0.5) is 0 Å². The number of carbonyl (C=O) groups is 2. The van der Waals surface area contributed by atoms with Crippen LogP contribution in [0.1, 0.15) is 33.9 Å². The van der Waals surface area contributed by atoms with Gasteiger partial charge in [0.15, 0.2) is 6.61 Å². The van der Waals surface area contributed by atoms with Crippen molar-refractivity contribution in [1.82, 2.24) is 10.3 Å². The van der Waals surface area contributed by atoms with Crippen LogP contribution < -0.4 is 5.32 Å². The largest absolute Gasteiger partial charge is 0.452 e. The Labute approximate surface area is 149 Å². The second-order valence-corrected chi connectivity index (χ2v) is 6.69. The van der Waals surface area contributed by atoms with Crippen LogP contribution in [0.2, 0.25) is 0 Å². The molecule has 0 bridgehead atoms. The molecule has 0 saturated heterocycles. The Morgan fingerprint density at radius 2 is 2.04 bits per heavy atom. The topological polar surface area (TPSA) is 68.3 Å². The smallest absolute Gasteiger partial charge is 0.339 e. The van der Waals surface area contributed by atoms with E-state index in [2.05, 4.69) is 10.3 Å². The van der Waals surface area contributed by atoms with E-state index in [-0.39, 0.29) is 18.6 Å². The van der Waals surface area contributed by atoms with E-state index in [1.165, 1.54) is 0 Å². The predicted molar refractivity (Wildman–Crippen MR) is 97.6 cm³/mol. The molecule has 0 fully saturated rings. The first kappa shape index (κ1) is 17.1. The minimum Gasteiger partial charge on any atom is -0.452 e. The summed E-state index contributed by atoms with van der Waals surface area (Å²) in [7, 11) is 0. The molecule has 0 spiro atoms. The summed E-state index contributed by atoms with van der Waals surface area (Å²) in [5.74, 6) is -0.857. The highest BCUT2D eigenvalue weighted by molar-refractivity contribution is 7.10. The van der Waals surface area contributed by atoms with E-state index in [1.54, 1.807) is 17.4 Å². The average molecular weight is 354 g/mol. The van der Waals surface area contributed by atoms with Crippen molar-refractivity contribution in [2.75, 3.05) is 6.61 Å². The first-order valence-electron chi connectivity index (χ1n) is 7.91. The van der Waals surface area contributed by atoms with E-state index >= 15 is 0 Å². The fourth-order valence-corrected chi connectivity index (χ4v) is 3.31. The summed E-state index contributed by atoms with van der Waals surface area (Å²) in [6.07, 6.45) is 0. The van der Waals surface area contributed by atoms with Gasteiger partial charge in [-0.2, -0.15) is 0 Å². The van der Waals surface area contributed by atoms with Crippen LogP contribution >= 0.6 is 11.3 Å². The molecule has 2 aromatic heterocycles. The molecule has 2 heterocycles. The first-order valence-corrected chi connectivity index (χ1v) is 8.79. The number of rotatable bonds is 5. The van der Waals surface area contributed by atoms with Crippen molar-refractivity contribution in [3.63, 3.8) is 0 Å². The molecular formula is C19H18N2O3S. The van der Waals surface area contributed by atoms with Gasteiger partial charge in [0.05, 0.1) is 17.1 Å². The number of aryl methyl sites for hydroxylation is 1. The van der Waals surface area contributed by atoms with E-state index in [1.807, 2.05) is 55.6 Å². The number of thiophene rings is 1. The van der Waals surface area contributed by atoms with Crippen LogP contribution in [0.15, 0.2) is 47.8 Å². The maximum absolute atomic E-state index is 12.4. The van der Waals surface area contributed by atoms with Crippen LogP contribution in [0, 0.1) is 6.92 Å². The SMILES string of the molecule is Cc1cc(C(=O)OCC(=O)NC(C)c2cccs2)c2ccccc2n1. The Hall–Kier alpha value is -2.73. The van der Waals surface area contributed by atoms with Gasteiger partial charge >= 0.3 is 5.97 Å². The van der Waals surface area contributed by atoms with Gasteiger partial charge in [0.2, 0.25) is 0 Å². The molecule has 3 rings (SSSR count). The highest BCUT2D eigenvalue weighted by Crippen LogP contribution is 2.20. The van der Waals surface area contributed by atoms with Crippen LogP contribution in [-0.4, -0.2) is 23.5 Å². The van der Waals surface area contributed by atoms with Gasteiger partial charge in [0.1, 0.15) is 0 Å². The van der Waals surface area contributed by atoms with Crippen molar-refractivity contribution < 1.29 is 14.3 Å². The molecule has 0 saturated carbocycles. The maximum atomic E-state index is 12.4. The Bertz CT molecular complexity index is 906. The summed E-state index contributed by atoms with van der Waals surface area (Å²) < 4.78 is 5.20. The number of para-hydroxylation sites is 1. The monoisotopic (exact) mass is 354 g/mol. The molecule has 5 nitrogen and oxygen atoms in total. The lowest BCUT2D eigenvalue weighted by Gasteiger charge is -2.13. The van der Waals surface area contributed by atoms with Crippen LogP contribution in [0.5, 0.6) is 0 Å². The number of hydrogen-bond donors (Lipinski definition) is 1. The van der Waals surface area contributed by atoms with Gasteiger partial charge in [0.25, 0.3) is 5.91 Å². The van der Waals surface area contributed by atoms with E-state index in [0.717, 1.165) is 16.1 Å². The van der Waals surface area contributed by atoms with Crippen molar-refractivity contribution in [2.45, 2.75) is 19.9 Å². The zero-order chi connectivity index (χ0) is 17.8. The predicted octanol–water partition coefficient (Wildman–Crippen LogP) is 3.64. The molecule has 0 radical (unpaired) electrons. The summed E-state index contributed by atoms with van der Waals surface area (Å²) in [5.41, 5.74) is 1.87. The van der Waals surface area contributed by atoms with E-state index in [9.17, 15) is 9.59 Å². The lowest BCUT2D eigenvalue weighted by Crippen LogP contribution is -2.30. The number of benzene rings is 1. The molecule has 1 N–H and O–H groups in total. The normalized spacial score (nSPS) is 11.9. The second-order valence-electron chi connectivity index (χ2n) is 5.71. The number of nitrogens with zero attached hydrogens (tertiary/aromatic N) is 1. The summed E-state index contributed by atoms with van der Waals surface area (Å²) in [6.45, 7) is 3.40. The van der Waals surface area contributed by atoms with Crippen molar-refractivity contribution >= 4 is 34.1 Å². The molecular weight excluding hydrogens is 336 g/mol. The van der Waals surface area contributed by atoms with Crippen molar-refractivity contribution in [2.24, 2.45) is 0 Å². The Balaban J connectivity index is 1.66. The average Bonchev–Trinajstić information content (AvgIpc) is 3.13. The third-order valence-corrected chi connectivity index (χ3v) is 4.80. The summed E-state index contributed by atoms with van der Waals surface area (Å²) in [6, 6.07) is 12.8. The van der Waals surface area contributed by atoms with Gasteiger partial charge in [-0.05, 0) is 37.4 Å². The van der Waals surface area contributed by atoms with Gasteiger partial charge in [-0.25, -0.2) is 4.79 Å². The molecule has 1 amide bonds. The van der Waals surface area contributed by atoms with E-state index < -0.39 is 5.97 Å².